The van der Waals surface area contributed by atoms with Gasteiger partial charge in [0.2, 0.25) is 11.8 Å². The average molecular weight is 359 g/mol. The largest absolute Gasteiger partial charge is 0.354 e. The Morgan fingerprint density at radius 1 is 1.22 bits per heavy atom. The highest BCUT2D eigenvalue weighted by atomic mass is 35.5. The lowest BCUT2D eigenvalue weighted by Crippen LogP contribution is -2.48. The van der Waals surface area contributed by atoms with Crippen LogP contribution in [0, 0.1) is 5.92 Å². The summed E-state index contributed by atoms with van der Waals surface area (Å²) in [6, 6.07) is 4.57. The minimum absolute atomic E-state index is 0.0942. The summed E-state index contributed by atoms with van der Waals surface area (Å²) < 4.78 is 0. The second kappa shape index (κ2) is 9.14. The summed E-state index contributed by atoms with van der Waals surface area (Å²) in [5.41, 5.74) is 0.765. The van der Waals surface area contributed by atoms with Crippen molar-refractivity contribution in [2.24, 2.45) is 5.92 Å². The van der Waals surface area contributed by atoms with Crippen molar-refractivity contribution >= 4 is 35.0 Å². The van der Waals surface area contributed by atoms with Gasteiger partial charge in [-0.1, -0.05) is 50.0 Å². The van der Waals surface area contributed by atoms with Crippen LogP contribution in [-0.4, -0.2) is 29.3 Å². The second-order valence-corrected chi connectivity index (χ2v) is 6.77. The standard InChI is InChI=1S/C17H24Cl2N2O2/c1-5-16(22)21(12(4)17(23)20-9-11(2)3)10-13-6-7-14(18)8-15(13)19/h6-8,11-12H,5,9-10H2,1-4H3,(H,20,23). The van der Waals surface area contributed by atoms with Crippen LogP contribution in [0.15, 0.2) is 18.2 Å². The number of benzene rings is 1. The van der Waals surface area contributed by atoms with Crippen molar-refractivity contribution in [3.8, 4) is 0 Å². The fourth-order valence-corrected chi connectivity index (χ4v) is 2.54. The molecule has 23 heavy (non-hydrogen) atoms. The first-order valence-electron chi connectivity index (χ1n) is 7.77. The molecule has 1 aromatic rings. The first-order chi connectivity index (χ1) is 10.8. The number of carbonyl (C=O) groups is 2. The van der Waals surface area contributed by atoms with Gasteiger partial charge < -0.3 is 10.2 Å². The number of nitrogens with one attached hydrogen (secondary N) is 1. The molecule has 6 heteroatoms. The van der Waals surface area contributed by atoms with Crippen LogP contribution < -0.4 is 5.32 Å². The number of carbonyl (C=O) groups excluding carboxylic acids is 2. The van der Waals surface area contributed by atoms with Gasteiger partial charge in [0, 0.05) is 29.6 Å². The van der Waals surface area contributed by atoms with Gasteiger partial charge in [-0.25, -0.2) is 0 Å². The number of rotatable bonds is 7. The van der Waals surface area contributed by atoms with E-state index in [1.54, 1.807) is 36.9 Å². The van der Waals surface area contributed by atoms with Gasteiger partial charge >= 0.3 is 0 Å². The van der Waals surface area contributed by atoms with E-state index in [9.17, 15) is 9.59 Å². The molecular weight excluding hydrogens is 335 g/mol. The van der Waals surface area contributed by atoms with Gasteiger partial charge in [-0.2, -0.15) is 0 Å². The summed E-state index contributed by atoms with van der Waals surface area (Å²) in [7, 11) is 0. The quantitative estimate of drug-likeness (QED) is 0.803. The molecule has 2 amide bonds. The van der Waals surface area contributed by atoms with E-state index in [0.717, 1.165) is 5.56 Å². The number of hydrogen-bond acceptors (Lipinski definition) is 2. The van der Waals surface area contributed by atoms with Gasteiger partial charge in [-0.15, -0.1) is 0 Å². The minimum atomic E-state index is -0.562. The Bertz CT molecular complexity index is 562. The van der Waals surface area contributed by atoms with E-state index in [1.165, 1.54) is 0 Å². The lowest BCUT2D eigenvalue weighted by Gasteiger charge is -2.29. The molecule has 0 heterocycles. The minimum Gasteiger partial charge on any atom is -0.354 e. The summed E-state index contributed by atoms with van der Waals surface area (Å²) >= 11 is 12.1. The zero-order valence-electron chi connectivity index (χ0n) is 14.0. The Kier molecular flexibility index (Phi) is 7.86. The Balaban J connectivity index is 2.91. The highest BCUT2D eigenvalue weighted by Crippen LogP contribution is 2.23. The number of amides is 2. The Labute approximate surface area is 148 Å². The lowest BCUT2D eigenvalue weighted by atomic mass is 10.1. The average Bonchev–Trinajstić information content (AvgIpc) is 2.50. The normalized spacial score (nSPS) is 12.1. The van der Waals surface area contributed by atoms with Crippen LogP contribution in [0.2, 0.25) is 10.0 Å². The molecule has 0 aliphatic carbocycles. The van der Waals surface area contributed by atoms with E-state index in [-0.39, 0.29) is 18.4 Å². The van der Waals surface area contributed by atoms with Crippen LogP contribution in [0.4, 0.5) is 0 Å². The summed E-state index contributed by atoms with van der Waals surface area (Å²) in [4.78, 5) is 26.1. The lowest BCUT2D eigenvalue weighted by molar-refractivity contribution is -0.140. The molecule has 0 spiro atoms. The molecule has 1 unspecified atom stereocenters. The number of nitrogens with zero attached hydrogens (tertiary/aromatic N) is 1. The molecule has 0 bridgehead atoms. The van der Waals surface area contributed by atoms with Crippen LogP contribution in [0.5, 0.6) is 0 Å². The van der Waals surface area contributed by atoms with Gasteiger partial charge in [0.15, 0.2) is 0 Å². The summed E-state index contributed by atoms with van der Waals surface area (Å²) in [5, 5.41) is 3.89. The molecule has 0 aliphatic rings. The molecule has 1 atom stereocenters. The van der Waals surface area contributed by atoms with E-state index in [1.807, 2.05) is 13.8 Å². The molecule has 0 saturated carbocycles. The van der Waals surface area contributed by atoms with E-state index in [0.29, 0.717) is 28.9 Å². The van der Waals surface area contributed by atoms with E-state index < -0.39 is 6.04 Å². The smallest absolute Gasteiger partial charge is 0.242 e. The highest BCUT2D eigenvalue weighted by molar-refractivity contribution is 6.35. The molecule has 1 rings (SSSR count). The first kappa shape index (κ1) is 19.8. The Morgan fingerprint density at radius 3 is 2.39 bits per heavy atom. The van der Waals surface area contributed by atoms with E-state index >= 15 is 0 Å². The third-order valence-corrected chi connectivity index (χ3v) is 4.10. The van der Waals surface area contributed by atoms with Gasteiger partial charge in [0.1, 0.15) is 6.04 Å². The topological polar surface area (TPSA) is 49.4 Å². The van der Waals surface area contributed by atoms with Crippen molar-refractivity contribution in [3.63, 3.8) is 0 Å². The van der Waals surface area contributed by atoms with Crippen LogP contribution in [-0.2, 0) is 16.1 Å². The molecule has 0 radical (unpaired) electrons. The van der Waals surface area contributed by atoms with Crippen molar-refractivity contribution < 1.29 is 9.59 Å². The van der Waals surface area contributed by atoms with Gasteiger partial charge in [0.05, 0.1) is 0 Å². The van der Waals surface area contributed by atoms with E-state index in [2.05, 4.69) is 5.32 Å². The third-order valence-electron chi connectivity index (χ3n) is 3.51. The third kappa shape index (κ3) is 6.04. The molecule has 4 nitrogen and oxygen atoms in total. The maximum Gasteiger partial charge on any atom is 0.242 e. The van der Waals surface area contributed by atoms with Gasteiger partial charge in [-0.05, 0) is 30.5 Å². The maximum atomic E-state index is 12.3. The predicted molar refractivity (Wildman–Crippen MR) is 94.6 cm³/mol. The van der Waals surface area contributed by atoms with Crippen molar-refractivity contribution in [1.29, 1.82) is 0 Å². The number of hydrogen-bond donors (Lipinski definition) is 1. The summed E-state index contributed by atoms with van der Waals surface area (Å²) in [6.07, 6.45) is 0.326. The molecule has 0 aliphatic heterocycles. The molecule has 0 aromatic heterocycles. The van der Waals surface area contributed by atoms with Crippen LogP contribution >= 0.6 is 23.2 Å². The maximum absolute atomic E-state index is 12.3. The molecule has 128 valence electrons. The zero-order valence-corrected chi connectivity index (χ0v) is 15.5. The second-order valence-electron chi connectivity index (χ2n) is 5.93. The first-order valence-corrected chi connectivity index (χ1v) is 8.52. The van der Waals surface area contributed by atoms with Gasteiger partial charge in [-0.3, -0.25) is 9.59 Å². The summed E-state index contributed by atoms with van der Waals surface area (Å²) in [6.45, 7) is 8.41. The molecule has 0 saturated heterocycles. The van der Waals surface area contributed by atoms with E-state index in [4.69, 9.17) is 23.2 Å². The SMILES string of the molecule is CCC(=O)N(Cc1ccc(Cl)cc1Cl)C(C)C(=O)NCC(C)C. The van der Waals surface area contributed by atoms with Crippen molar-refractivity contribution in [3.05, 3.63) is 33.8 Å². The Hall–Kier alpha value is -1.26. The van der Waals surface area contributed by atoms with Crippen LogP contribution in [0.25, 0.3) is 0 Å². The Morgan fingerprint density at radius 2 is 1.87 bits per heavy atom. The van der Waals surface area contributed by atoms with Crippen LogP contribution in [0.1, 0.15) is 39.7 Å². The van der Waals surface area contributed by atoms with Crippen molar-refractivity contribution in [2.45, 2.75) is 46.7 Å². The number of halogens is 2. The zero-order chi connectivity index (χ0) is 17.6. The molecule has 0 fully saturated rings. The van der Waals surface area contributed by atoms with Crippen LogP contribution in [0.3, 0.4) is 0 Å². The molecule has 1 N–H and O–H groups in total. The van der Waals surface area contributed by atoms with Crippen molar-refractivity contribution in [2.75, 3.05) is 6.54 Å². The summed E-state index contributed by atoms with van der Waals surface area (Å²) in [5.74, 6) is 0.0981. The molecule has 1 aromatic carbocycles. The highest BCUT2D eigenvalue weighted by Gasteiger charge is 2.25. The molecular formula is C17H24Cl2N2O2. The fraction of sp³-hybridized carbons (Fsp3) is 0.529. The fourth-order valence-electron chi connectivity index (χ4n) is 2.07. The predicted octanol–water partition coefficient (Wildman–Crippen LogP) is 3.89. The van der Waals surface area contributed by atoms with Crippen molar-refractivity contribution in [1.82, 2.24) is 10.2 Å². The monoisotopic (exact) mass is 358 g/mol. The van der Waals surface area contributed by atoms with Gasteiger partial charge in [0.25, 0.3) is 0 Å².